The van der Waals surface area contributed by atoms with Gasteiger partial charge in [-0.1, -0.05) is 19.1 Å². The molecule has 0 amide bonds. The molecular formula is C15H20FNO3. The van der Waals surface area contributed by atoms with E-state index >= 15 is 0 Å². The van der Waals surface area contributed by atoms with Gasteiger partial charge in [-0.3, -0.25) is 9.69 Å². The van der Waals surface area contributed by atoms with Gasteiger partial charge in [-0.15, -0.1) is 0 Å². The van der Waals surface area contributed by atoms with Crippen LogP contribution in [0.3, 0.4) is 0 Å². The lowest BCUT2D eigenvalue weighted by Gasteiger charge is -2.34. The summed E-state index contributed by atoms with van der Waals surface area (Å²) in [7, 11) is 1.91. The highest BCUT2D eigenvalue weighted by atomic mass is 19.1. The zero-order valence-corrected chi connectivity index (χ0v) is 11.8. The van der Waals surface area contributed by atoms with E-state index in [0.29, 0.717) is 6.61 Å². The lowest BCUT2D eigenvalue weighted by molar-refractivity contribution is -0.143. The van der Waals surface area contributed by atoms with Crippen molar-refractivity contribution in [1.29, 1.82) is 0 Å². The second-order valence-corrected chi connectivity index (χ2v) is 5.19. The van der Waals surface area contributed by atoms with E-state index in [4.69, 9.17) is 4.74 Å². The van der Waals surface area contributed by atoms with E-state index in [0.717, 1.165) is 12.0 Å². The highest BCUT2D eigenvalue weighted by Crippen LogP contribution is 2.30. The molecule has 20 heavy (non-hydrogen) atoms. The summed E-state index contributed by atoms with van der Waals surface area (Å²) < 4.78 is 18.3. The van der Waals surface area contributed by atoms with Crippen LogP contribution in [0.1, 0.15) is 24.9 Å². The predicted molar refractivity (Wildman–Crippen MR) is 72.9 cm³/mol. The summed E-state index contributed by atoms with van der Waals surface area (Å²) in [5, 5.41) is 9.24. The van der Waals surface area contributed by atoms with Crippen LogP contribution in [0.5, 0.6) is 0 Å². The summed E-state index contributed by atoms with van der Waals surface area (Å²) in [5.41, 5.74) is 0.993. The Kier molecular flexibility index (Phi) is 4.73. The zero-order chi connectivity index (χ0) is 14.7. The van der Waals surface area contributed by atoms with Crippen molar-refractivity contribution >= 4 is 5.97 Å². The number of nitrogens with zero attached hydrogens (tertiary/aromatic N) is 1. The lowest BCUT2D eigenvalue weighted by Crippen LogP contribution is -2.42. The molecule has 0 spiro atoms. The molecule has 1 saturated heterocycles. The minimum absolute atomic E-state index is 0.0594. The van der Waals surface area contributed by atoms with Crippen molar-refractivity contribution in [2.45, 2.75) is 25.4 Å². The molecule has 0 aromatic heterocycles. The normalized spacial score (nSPS) is 24.0. The zero-order valence-electron chi connectivity index (χ0n) is 11.8. The second kappa shape index (κ2) is 6.33. The molecule has 1 heterocycles. The number of aliphatic carboxylic acids is 1. The van der Waals surface area contributed by atoms with Crippen molar-refractivity contribution in [1.82, 2.24) is 4.90 Å². The van der Waals surface area contributed by atoms with Gasteiger partial charge < -0.3 is 9.84 Å². The summed E-state index contributed by atoms with van der Waals surface area (Å²) in [5.74, 6) is -1.60. The van der Waals surface area contributed by atoms with Gasteiger partial charge in [-0.05, 0) is 31.2 Å². The second-order valence-electron chi connectivity index (χ2n) is 5.19. The van der Waals surface area contributed by atoms with Gasteiger partial charge in [0, 0.05) is 12.1 Å². The number of hydrogen-bond donors (Lipinski definition) is 1. The topological polar surface area (TPSA) is 49.8 Å². The van der Waals surface area contributed by atoms with E-state index in [1.54, 1.807) is 12.1 Å². The van der Waals surface area contributed by atoms with Gasteiger partial charge in [-0.2, -0.15) is 0 Å². The highest BCUT2D eigenvalue weighted by Gasteiger charge is 2.38. The molecule has 2 rings (SSSR count). The lowest BCUT2D eigenvalue weighted by atomic mass is 9.97. The summed E-state index contributed by atoms with van der Waals surface area (Å²) in [4.78, 5) is 13.3. The predicted octanol–water partition coefficient (Wildman–Crippen LogP) is 2.31. The Bertz CT molecular complexity index is 463. The standard InChI is InChI=1S/C15H20FNO3/c1-3-13(10-4-6-11(16)7-5-10)17(2)14-9-20-8-12(14)15(18)19/h4-7,12-14H,3,8-9H2,1-2H3,(H,18,19). The number of halogens is 1. The third kappa shape index (κ3) is 2.99. The van der Waals surface area contributed by atoms with Crippen molar-refractivity contribution in [2.75, 3.05) is 20.3 Å². The van der Waals surface area contributed by atoms with Crippen molar-refractivity contribution in [3.05, 3.63) is 35.6 Å². The molecule has 3 atom stereocenters. The van der Waals surface area contributed by atoms with Gasteiger partial charge in [0.2, 0.25) is 0 Å². The number of rotatable bonds is 5. The van der Waals surface area contributed by atoms with Crippen LogP contribution >= 0.6 is 0 Å². The Balaban J connectivity index is 2.18. The average Bonchev–Trinajstić information content (AvgIpc) is 2.91. The number of carbonyl (C=O) groups is 1. The SMILES string of the molecule is CCC(c1ccc(F)cc1)N(C)C1COCC1C(=O)O. The van der Waals surface area contributed by atoms with Crippen LogP contribution in [0.15, 0.2) is 24.3 Å². The van der Waals surface area contributed by atoms with E-state index < -0.39 is 11.9 Å². The molecule has 1 aliphatic heterocycles. The molecule has 0 saturated carbocycles. The number of carboxylic acids is 1. The molecule has 0 aliphatic carbocycles. The molecule has 0 radical (unpaired) electrons. The Morgan fingerprint density at radius 1 is 1.45 bits per heavy atom. The molecule has 4 nitrogen and oxygen atoms in total. The minimum atomic E-state index is -0.826. The first kappa shape index (κ1) is 14.9. The van der Waals surface area contributed by atoms with E-state index in [1.807, 2.05) is 18.9 Å². The van der Waals surface area contributed by atoms with Gasteiger partial charge in [-0.25, -0.2) is 4.39 Å². The van der Waals surface area contributed by atoms with E-state index in [1.165, 1.54) is 12.1 Å². The highest BCUT2D eigenvalue weighted by molar-refractivity contribution is 5.71. The Labute approximate surface area is 118 Å². The van der Waals surface area contributed by atoms with Gasteiger partial charge in [0.05, 0.1) is 19.1 Å². The third-order valence-corrected chi connectivity index (χ3v) is 4.02. The van der Waals surface area contributed by atoms with Crippen LogP contribution in [-0.4, -0.2) is 42.3 Å². The van der Waals surface area contributed by atoms with Crippen molar-refractivity contribution in [3.8, 4) is 0 Å². The molecule has 1 aromatic rings. The Morgan fingerprint density at radius 2 is 2.10 bits per heavy atom. The first-order valence-electron chi connectivity index (χ1n) is 6.82. The fourth-order valence-corrected chi connectivity index (χ4v) is 2.86. The largest absolute Gasteiger partial charge is 0.481 e. The first-order valence-corrected chi connectivity index (χ1v) is 6.82. The monoisotopic (exact) mass is 281 g/mol. The third-order valence-electron chi connectivity index (χ3n) is 4.02. The van der Waals surface area contributed by atoms with Crippen molar-refractivity contribution < 1.29 is 19.0 Å². The molecular weight excluding hydrogens is 261 g/mol. The summed E-state index contributed by atoms with van der Waals surface area (Å²) in [6, 6.07) is 6.29. The number of likely N-dealkylation sites (N-methyl/N-ethyl adjacent to an activating group) is 1. The van der Waals surface area contributed by atoms with E-state index in [9.17, 15) is 14.3 Å². The van der Waals surface area contributed by atoms with Crippen LogP contribution in [0.25, 0.3) is 0 Å². The van der Waals surface area contributed by atoms with Crippen LogP contribution < -0.4 is 0 Å². The fourth-order valence-electron chi connectivity index (χ4n) is 2.86. The number of hydrogen-bond acceptors (Lipinski definition) is 3. The molecule has 1 N–H and O–H groups in total. The Morgan fingerprint density at radius 3 is 2.65 bits per heavy atom. The maximum Gasteiger partial charge on any atom is 0.310 e. The summed E-state index contributed by atoms with van der Waals surface area (Å²) in [6.07, 6.45) is 0.824. The van der Waals surface area contributed by atoms with Crippen molar-refractivity contribution in [2.24, 2.45) is 5.92 Å². The molecule has 110 valence electrons. The van der Waals surface area contributed by atoms with Gasteiger partial charge >= 0.3 is 5.97 Å². The van der Waals surface area contributed by atoms with Crippen LogP contribution in [-0.2, 0) is 9.53 Å². The molecule has 1 fully saturated rings. The number of benzene rings is 1. The van der Waals surface area contributed by atoms with Gasteiger partial charge in [0.15, 0.2) is 0 Å². The maximum absolute atomic E-state index is 13.0. The quantitative estimate of drug-likeness (QED) is 0.900. The smallest absolute Gasteiger partial charge is 0.310 e. The molecule has 1 aliphatic rings. The van der Waals surface area contributed by atoms with Crippen LogP contribution in [0, 0.1) is 11.7 Å². The first-order chi connectivity index (χ1) is 9.54. The minimum Gasteiger partial charge on any atom is -0.481 e. The molecule has 0 bridgehead atoms. The van der Waals surface area contributed by atoms with Gasteiger partial charge in [0.1, 0.15) is 5.82 Å². The van der Waals surface area contributed by atoms with Crippen LogP contribution in [0.4, 0.5) is 4.39 Å². The van der Waals surface area contributed by atoms with Crippen molar-refractivity contribution in [3.63, 3.8) is 0 Å². The molecule has 5 heteroatoms. The molecule has 1 aromatic carbocycles. The van der Waals surface area contributed by atoms with Crippen LogP contribution in [0.2, 0.25) is 0 Å². The Hall–Kier alpha value is -1.46. The maximum atomic E-state index is 13.0. The molecule has 3 unspecified atom stereocenters. The number of ether oxygens (including phenoxy) is 1. The summed E-state index contributed by atoms with van der Waals surface area (Å²) in [6.45, 7) is 2.71. The van der Waals surface area contributed by atoms with E-state index in [2.05, 4.69) is 0 Å². The summed E-state index contributed by atoms with van der Waals surface area (Å²) >= 11 is 0. The number of carboxylic acid groups (broad SMARTS) is 1. The fraction of sp³-hybridized carbons (Fsp3) is 0.533. The van der Waals surface area contributed by atoms with Gasteiger partial charge in [0.25, 0.3) is 0 Å². The average molecular weight is 281 g/mol. The van der Waals surface area contributed by atoms with E-state index in [-0.39, 0.29) is 24.5 Å².